The average molecular weight is 312 g/mol. The highest BCUT2D eigenvalue weighted by Gasteiger charge is 2.32. The summed E-state index contributed by atoms with van der Waals surface area (Å²) >= 11 is 1.53. The van der Waals surface area contributed by atoms with Crippen LogP contribution in [0.4, 0.5) is 4.79 Å². The summed E-state index contributed by atoms with van der Waals surface area (Å²) in [4.78, 5) is 25.4. The number of hydrogen-bond acceptors (Lipinski definition) is 6. The third kappa shape index (κ3) is 4.13. The number of likely N-dealkylation sites (tertiary alicyclic amines) is 1. The third-order valence-corrected chi connectivity index (χ3v) is 4.32. The fourth-order valence-electron chi connectivity index (χ4n) is 2.39. The van der Waals surface area contributed by atoms with Crippen molar-refractivity contribution in [2.75, 3.05) is 20.2 Å². The Balaban J connectivity index is 1.84. The van der Waals surface area contributed by atoms with Gasteiger partial charge in [-0.3, -0.25) is 9.69 Å². The van der Waals surface area contributed by atoms with E-state index < -0.39 is 12.1 Å². The summed E-state index contributed by atoms with van der Waals surface area (Å²) in [5, 5.41) is 12.6. The molecule has 0 spiro atoms. The molecule has 1 atom stereocenters. The highest BCUT2D eigenvalue weighted by atomic mass is 32.1. The fraction of sp³-hybridized carbons (Fsp3) is 0.692. The molecular weight excluding hydrogens is 292 g/mol. The number of ether oxygens (including phenoxy) is 1. The number of nitrogens with zero attached hydrogens (tertiary/aromatic N) is 3. The van der Waals surface area contributed by atoms with Gasteiger partial charge in [-0.2, -0.15) is 0 Å². The van der Waals surface area contributed by atoms with Gasteiger partial charge < -0.3 is 10.1 Å². The second kappa shape index (κ2) is 7.35. The number of carbonyl (C=O) groups excluding carboxylic acids is 2. The number of amides is 2. The van der Waals surface area contributed by atoms with Crippen molar-refractivity contribution in [3.63, 3.8) is 0 Å². The Kier molecular flexibility index (Phi) is 5.49. The van der Waals surface area contributed by atoms with Crippen molar-refractivity contribution in [2.24, 2.45) is 0 Å². The molecule has 0 saturated carbocycles. The molecule has 0 radical (unpaired) electrons. The van der Waals surface area contributed by atoms with E-state index in [9.17, 15) is 9.59 Å². The van der Waals surface area contributed by atoms with Crippen LogP contribution in [0.1, 0.15) is 29.3 Å². The standard InChI is InChI=1S/C13H20N4O3S/c1-9-15-16-11(21-9)6-7-14-12(18)10-5-3-4-8-17(10)13(19)20-2/h10H,3-8H2,1-2H3,(H,14,18)/t10-/m1/s1. The van der Waals surface area contributed by atoms with Crippen LogP contribution in [0.25, 0.3) is 0 Å². The minimum atomic E-state index is -0.436. The van der Waals surface area contributed by atoms with E-state index in [1.54, 1.807) is 0 Å². The molecule has 0 aliphatic carbocycles. The van der Waals surface area contributed by atoms with Crippen LogP contribution in [0, 0.1) is 6.92 Å². The second-order valence-corrected chi connectivity index (χ2v) is 6.20. The van der Waals surface area contributed by atoms with Gasteiger partial charge in [-0.15, -0.1) is 21.5 Å². The highest BCUT2D eigenvalue weighted by Crippen LogP contribution is 2.18. The molecule has 2 rings (SSSR count). The minimum absolute atomic E-state index is 0.124. The predicted octanol–water partition coefficient (Wildman–Crippen LogP) is 1.13. The molecule has 0 unspecified atom stereocenters. The summed E-state index contributed by atoms with van der Waals surface area (Å²) in [5.74, 6) is -0.124. The lowest BCUT2D eigenvalue weighted by Gasteiger charge is -2.33. The van der Waals surface area contributed by atoms with Gasteiger partial charge in [0, 0.05) is 19.5 Å². The zero-order chi connectivity index (χ0) is 15.2. The normalized spacial score (nSPS) is 18.4. The average Bonchev–Trinajstić information content (AvgIpc) is 2.91. The van der Waals surface area contributed by atoms with Crippen LogP contribution < -0.4 is 5.32 Å². The predicted molar refractivity (Wildman–Crippen MR) is 78.1 cm³/mol. The molecule has 1 fully saturated rings. The molecule has 1 aliphatic heterocycles. The van der Waals surface area contributed by atoms with E-state index >= 15 is 0 Å². The van der Waals surface area contributed by atoms with Gasteiger partial charge >= 0.3 is 6.09 Å². The van der Waals surface area contributed by atoms with E-state index in [0.717, 1.165) is 22.9 Å². The fourth-order valence-corrected chi connectivity index (χ4v) is 3.10. The molecule has 1 aliphatic rings. The Bertz CT molecular complexity index is 505. The van der Waals surface area contributed by atoms with Gasteiger partial charge in [0.1, 0.15) is 16.1 Å². The molecule has 1 aromatic rings. The number of piperidine rings is 1. The topological polar surface area (TPSA) is 84.4 Å². The van der Waals surface area contributed by atoms with Gasteiger partial charge in [-0.05, 0) is 26.2 Å². The molecular formula is C13H20N4O3S. The highest BCUT2D eigenvalue weighted by molar-refractivity contribution is 7.11. The van der Waals surface area contributed by atoms with Crippen LogP contribution in [0.15, 0.2) is 0 Å². The molecule has 116 valence electrons. The maximum atomic E-state index is 12.2. The Labute approximate surface area is 127 Å². The molecule has 0 aromatic carbocycles. The van der Waals surface area contributed by atoms with Crippen LogP contribution >= 0.6 is 11.3 Å². The van der Waals surface area contributed by atoms with Gasteiger partial charge in [-0.25, -0.2) is 4.79 Å². The lowest BCUT2D eigenvalue weighted by Crippen LogP contribution is -2.52. The summed E-state index contributed by atoms with van der Waals surface area (Å²) in [6, 6.07) is -0.428. The van der Waals surface area contributed by atoms with Crippen molar-refractivity contribution in [1.29, 1.82) is 0 Å². The number of nitrogens with one attached hydrogen (secondary N) is 1. The van der Waals surface area contributed by atoms with Crippen molar-refractivity contribution < 1.29 is 14.3 Å². The van der Waals surface area contributed by atoms with E-state index in [4.69, 9.17) is 4.74 Å². The molecule has 8 heteroatoms. The lowest BCUT2D eigenvalue weighted by molar-refractivity contribution is -0.126. The quantitative estimate of drug-likeness (QED) is 0.901. The first-order valence-corrected chi connectivity index (χ1v) is 7.84. The summed E-state index contributed by atoms with van der Waals surface area (Å²) in [5.41, 5.74) is 0. The van der Waals surface area contributed by atoms with Gasteiger partial charge in [-0.1, -0.05) is 0 Å². The van der Waals surface area contributed by atoms with E-state index in [0.29, 0.717) is 25.9 Å². The van der Waals surface area contributed by atoms with Crippen LogP contribution in [0.5, 0.6) is 0 Å². The Morgan fingerprint density at radius 2 is 2.24 bits per heavy atom. The van der Waals surface area contributed by atoms with Crippen LogP contribution in [0.2, 0.25) is 0 Å². The first kappa shape index (κ1) is 15.7. The molecule has 0 bridgehead atoms. The Morgan fingerprint density at radius 3 is 2.90 bits per heavy atom. The van der Waals surface area contributed by atoms with E-state index in [2.05, 4.69) is 15.5 Å². The second-order valence-electron chi connectivity index (χ2n) is 4.93. The Morgan fingerprint density at radius 1 is 1.43 bits per heavy atom. The first-order chi connectivity index (χ1) is 10.1. The number of rotatable bonds is 4. The minimum Gasteiger partial charge on any atom is -0.453 e. The van der Waals surface area contributed by atoms with Crippen LogP contribution in [-0.4, -0.2) is 53.3 Å². The summed E-state index contributed by atoms with van der Waals surface area (Å²) in [6.07, 6.45) is 2.75. The Hall–Kier alpha value is -1.70. The van der Waals surface area contributed by atoms with Crippen molar-refractivity contribution in [2.45, 2.75) is 38.6 Å². The van der Waals surface area contributed by atoms with E-state index in [1.165, 1.54) is 23.3 Å². The molecule has 1 aromatic heterocycles. The maximum Gasteiger partial charge on any atom is 0.410 e. The maximum absolute atomic E-state index is 12.2. The number of carbonyl (C=O) groups is 2. The zero-order valence-electron chi connectivity index (χ0n) is 12.3. The molecule has 1 saturated heterocycles. The zero-order valence-corrected chi connectivity index (χ0v) is 13.1. The van der Waals surface area contributed by atoms with Crippen LogP contribution in [-0.2, 0) is 16.0 Å². The lowest BCUT2D eigenvalue weighted by atomic mass is 10.0. The molecule has 7 nitrogen and oxygen atoms in total. The summed E-state index contributed by atoms with van der Waals surface area (Å²) in [7, 11) is 1.34. The third-order valence-electron chi connectivity index (χ3n) is 3.42. The van der Waals surface area contributed by atoms with Crippen molar-refractivity contribution in [1.82, 2.24) is 20.4 Å². The number of aromatic nitrogens is 2. The van der Waals surface area contributed by atoms with Crippen molar-refractivity contribution in [3.05, 3.63) is 10.0 Å². The molecule has 2 heterocycles. The van der Waals surface area contributed by atoms with Crippen molar-refractivity contribution in [3.8, 4) is 0 Å². The van der Waals surface area contributed by atoms with Gasteiger partial charge in [0.25, 0.3) is 0 Å². The molecule has 21 heavy (non-hydrogen) atoms. The van der Waals surface area contributed by atoms with Crippen molar-refractivity contribution >= 4 is 23.3 Å². The largest absolute Gasteiger partial charge is 0.453 e. The smallest absolute Gasteiger partial charge is 0.410 e. The monoisotopic (exact) mass is 312 g/mol. The van der Waals surface area contributed by atoms with Gasteiger partial charge in [0.2, 0.25) is 5.91 Å². The number of hydrogen-bond donors (Lipinski definition) is 1. The van der Waals surface area contributed by atoms with E-state index in [-0.39, 0.29) is 5.91 Å². The van der Waals surface area contributed by atoms with E-state index in [1.807, 2.05) is 6.92 Å². The SMILES string of the molecule is COC(=O)N1CCCC[C@@H]1C(=O)NCCc1nnc(C)s1. The first-order valence-electron chi connectivity index (χ1n) is 7.03. The van der Waals surface area contributed by atoms with Gasteiger partial charge in [0.15, 0.2) is 0 Å². The molecule has 2 amide bonds. The number of methoxy groups -OCH3 is 1. The van der Waals surface area contributed by atoms with Gasteiger partial charge in [0.05, 0.1) is 7.11 Å². The summed E-state index contributed by atoms with van der Waals surface area (Å²) in [6.45, 7) is 2.97. The molecule has 1 N–H and O–H groups in total. The summed E-state index contributed by atoms with van der Waals surface area (Å²) < 4.78 is 4.74. The number of aryl methyl sites for hydroxylation is 1. The van der Waals surface area contributed by atoms with Crippen LogP contribution in [0.3, 0.4) is 0 Å².